The fourth-order valence-corrected chi connectivity index (χ4v) is 5.84. The number of nitrogens with one attached hydrogen (secondary N) is 2. The smallest absolute Gasteiger partial charge is 0.250 e. The first kappa shape index (κ1) is 25.8. The summed E-state index contributed by atoms with van der Waals surface area (Å²) in [6.07, 6.45) is 1.80. The molecule has 2 aliphatic rings. The minimum atomic E-state index is -0.211. The molecule has 9 nitrogen and oxygen atoms in total. The SMILES string of the molecule is COCC(=O)Nc1ccc(N2C(=S)N[C@@H](c3ccccn3)[C@H]2c2cc(C)n(-c3ccc4c(c3)OCO4)c2C)cc1. The number of benzene rings is 2. The van der Waals surface area contributed by atoms with Crippen molar-refractivity contribution < 1.29 is 19.0 Å². The van der Waals surface area contributed by atoms with E-state index in [1.807, 2.05) is 60.7 Å². The lowest BCUT2D eigenvalue weighted by atomic mass is 9.96. The molecule has 40 heavy (non-hydrogen) atoms. The van der Waals surface area contributed by atoms with Gasteiger partial charge in [0.05, 0.1) is 17.8 Å². The molecule has 0 radical (unpaired) electrons. The molecule has 6 rings (SSSR count). The largest absolute Gasteiger partial charge is 0.454 e. The summed E-state index contributed by atoms with van der Waals surface area (Å²) in [6, 6.07) is 21.4. The number of ether oxygens (including phenoxy) is 3. The van der Waals surface area contributed by atoms with Crippen LogP contribution in [-0.4, -0.2) is 41.1 Å². The van der Waals surface area contributed by atoms with Gasteiger partial charge in [0.1, 0.15) is 6.61 Å². The van der Waals surface area contributed by atoms with E-state index >= 15 is 0 Å². The molecule has 0 spiro atoms. The van der Waals surface area contributed by atoms with Gasteiger partial charge < -0.3 is 34.3 Å². The lowest BCUT2D eigenvalue weighted by molar-refractivity contribution is -0.119. The Kier molecular flexibility index (Phi) is 6.87. The van der Waals surface area contributed by atoms with Crippen LogP contribution in [0, 0.1) is 13.8 Å². The number of anilines is 2. The van der Waals surface area contributed by atoms with Crippen LogP contribution in [-0.2, 0) is 9.53 Å². The zero-order valence-corrected chi connectivity index (χ0v) is 23.2. The third-order valence-corrected chi connectivity index (χ3v) is 7.52. The second kappa shape index (κ2) is 10.6. The van der Waals surface area contributed by atoms with Gasteiger partial charge in [-0.2, -0.15) is 0 Å². The molecule has 2 N–H and O–H groups in total. The Balaban J connectivity index is 1.41. The third-order valence-electron chi connectivity index (χ3n) is 7.21. The molecule has 2 aromatic heterocycles. The number of hydrogen-bond acceptors (Lipinski definition) is 6. The summed E-state index contributed by atoms with van der Waals surface area (Å²) < 4.78 is 18.3. The molecule has 0 unspecified atom stereocenters. The standard InChI is InChI=1S/C30H29N5O4S/c1-18-14-23(19(2)34(18)22-11-12-25-26(15-22)39-17-38-25)29-28(24-6-4-5-13-31-24)33-30(40)35(29)21-9-7-20(8-10-21)32-27(36)16-37-3/h4-15,28-29H,16-17H2,1-3H3,(H,32,36)(H,33,40)/t28-,29+/m0/s1. The van der Waals surface area contributed by atoms with Crippen molar-refractivity contribution >= 4 is 34.6 Å². The number of nitrogens with zero attached hydrogens (tertiary/aromatic N) is 3. The molecule has 0 saturated carbocycles. The van der Waals surface area contributed by atoms with Crippen LogP contribution in [0.15, 0.2) is 72.9 Å². The van der Waals surface area contributed by atoms with Crippen LogP contribution in [0.4, 0.5) is 11.4 Å². The Morgan fingerprint density at radius 2 is 1.85 bits per heavy atom. The Morgan fingerprint density at radius 3 is 2.60 bits per heavy atom. The van der Waals surface area contributed by atoms with Gasteiger partial charge in [0.2, 0.25) is 12.7 Å². The Labute approximate surface area is 237 Å². The fraction of sp³-hybridized carbons (Fsp3) is 0.233. The fourth-order valence-electron chi connectivity index (χ4n) is 5.49. The molecule has 1 fully saturated rings. The number of carbonyl (C=O) groups excluding carboxylic acids is 1. The topological polar surface area (TPSA) is 89.9 Å². The summed E-state index contributed by atoms with van der Waals surface area (Å²) in [7, 11) is 1.49. The number of thiocarbonyl (C=S) groups is 1. The molecule has 204 valence electrons. The summed E-state index contributed by atoms with van der Waals surface area (Å²) in [5, 5.41) is 6.97. The number of pyridine rings is 1. The highest BCUT2D eigenvalue weighted by molar-refractivity contribution is 7.80. The first-order chi connectivity index (χ1) is 19.4. The van der Waals surface area contributed by atoms with E-state index < -0.39 is 0 Å². The highest BCUT2D eigenvalue weighted by atomic mass is 32.1. The summed E-state index contributed by atoms with van der Waals surface area (Å²) >= 11 is 5.91. The zero-order valence-electron chi connectivity index (χ0n) is 22.4. The van der Waals surface area contributed by atoms with Crippen molar-refractivity contribution in [2.75, 3.05) is 30.7 Å². The van der Waals surface area contributed by atoms with Crippen LogP contribution in [0.3, 0.4) is 0 Å². The van der Waals surface area contributed by atoms with Crippen molar-refractivity contribution in [3.05, 3.63) is 95.6 Å². The van der Waals surface area contributed by atoms with E-state index in [1.165, 1.54) is 7.11 Å². The quantitative estimate of drug-likeness (QED) is 0.309. The van der Waals surface area contributed by atoms with Gasteiger partial charge in [0, 0.05) is 47.8 Å². The number of rotatable bonds is 7. The van der Waals surface area contributed by atoms with Gasteiger partial charge in [0.15, 0.2) is 16.6 Å². The molecule has 4 heterocycles. The van der Waals surface area contributed by atoms with E-state index in [0.717, 1.165) is 45.5 Å². The van der Waals surface area contributed by atoms with E-state index in [0.29, 0.717) is 10.8 Å². The van der Waals surface area contributed by atoms with Gasteiger partial charge in [-0.15, -0.1) is 0 Å². The molecule has 2 aromatic carbocycles. The molecule has 1 saturated heterocycles. The summed E-state index contributed by atoms with van der Waals surface area (Å²) in [5.74, 6) is 1.28. The van der Waals surface area contributed by atoms with Crippen molar-refractivity contribution in [3.63, 3.8) is 0 Å². The molecule has 2 aliphatic heterocycles. The highest BCUT2D eigenvalue weighted by Crippen LogP contribution is 2.44. The van der Waals surface area contributed by atoms with Gasteiger partial charge in [0.25, 0.3) is 0 Å². The molecule has 0 aliphatic carbocycles. The predicted molar refractivity (Wildman–Crippen MR) is 156 cm³/mol. The van der Waals surface area contributed by atoms with Crippen LogP contribution < -0.4 is 25.0 Å². The predicted octanol–water partition coefficient (Wildman–Crippen LogP) is 4.98. The number of carbonyl (C=O) groups is 1. The average Bonchev–Trinajstić information content (AvgIpc) is 3.64. The van der Waals surface area contributed by atoms with Crippen LogP contribution in [0.1, 0.15) is 34.7 Å². The number of aromatic nitrogens is 2. The Morgan fingerprint density at radius 1 is 1.07 bits per heavy atom. The first-order valence-corrected chi connectivity index (χ1v) is 13.3. The Bertz CT molecular complexity index is 1570. The summed E-state index contributed by atoms with van der Waals surface area (Å²) in [5.41, 5.74) is 6.77. The molecule has 1 amide bonds. The minimum Gasteiger partial charge on any atom is -0.454 e. The first-order valence-electron chi connectivity index (χ1n) is 12.9. The van der Waals surface area contributed by atoms with E-state index in [2.05, 4.69) is 45.0 Å². The molecular formula is C30H29N5O4S. The second-order valence-electron chi connectivity index (χ2n) is 9.72. The maximum Gasteiger partial charge on any atom is 0.250 e. The lowest BCUT2D eigenvalue weighted by Crippen LogP contribution is -2.29. The maximum absolute atomic E-state index is 12.0. The van der Waals surface area contributed by atoms with Gasteiger partial charge in [-0.05, 0) is 86.2 Å². The molecule has 0 bridgehead atoms. The minimum absolute atomic E-state index is 0.00526. The molecule has 10 heteroatoms. The lowest BCUT2D eigenvalue weighted by Gasteiger charge is -2.28. The van der Waals surface area contributed by atoms with E-state index in [9.17, 15) is 4.79 Å². The third kappa shape index (κ3) is 4.65. The van der Waals surface area contributed by atoms with Crippen molar-refractivity contribution in [2.24, 2.45) is 0 Å². The molecule has 2 atom stereocenters. The molecule has 4 aromatic rings. The normalized spacial score (nSPS) is 17.7. The van der Waals surface area contributed by atoms with Gasteiger partial charge >= 0.3 is 0 Å². The number of amides is 1. The number of fused-ring (bicyclic) bond motifs is 1. The zero-order chi connectivity index (χ0) is 27.8. The average molecular weight is 556 g/mol. The van der Waals surface area contributed by atoms with Crippen LogP contribution in [0.2, 0.25) is 0 Å². The number of aryl methyl sites for hydroxylation is 1. The van der Waals surface area contributed by atoms with E-state index in [1.54, 1.807) is 6.20 Å². The maximum atomic E-state index is 12.0. The monoisotopic (exact) mass is 555 g/mol. The van der Waals surface area contributed by atoms with Crippen molar-refractivity contribution in [1.29, 1.82) is 0 Å². The molecular weight excluding hydrogens is 526 g/mol. The van der Waals surface area contributed by atoms with Crippen molar-refractivity contribution in [3.8, 4) is 17.2 Å². The highest BCUT2D eigenvalue weighted by Gasteiger charge is 2.42. The van der Waals surface area contributed by atoms with Crippen molar-refractivity contribution in [2.45, 2.75) is 25.9 Å². The summed E-state index contributed by atoms with van der Waals surface area (Å²) in [4.78, 5) is 18.8. The van der Waals surface area contributed by atoms with Crippen molar-refractivity contribution in [1.82, 2.24) is 14.9 Å². The number of hydrogen-bond donors (Lipinski definition) is 2. The van der Waals surface area contributed by atoms with Gasteiger partial charge in [-0.1, -0.05) is 6.07 Å². The van der Waals surface area contributed by atoms with Crippen LogP contribution in [0.25, 0.3) is 5.69 Å². The van der Waals surface area contributed by atoms with Gasteiger partial charge in [-0.25, -0.2) is 0 Å². The van der Waals surface area contributed by atoms with Crippen LogP contribution in [0.5, 0.6) is 11.5 Å². The summed E-state index contributed by atoms with van der Waals surface area (Å²) in [6.45, 7) is 4.44. The van der Waals surface area contributed by atoms with Crippen LogP contribution >= 0.6 is 12.2 Å². The Hall–Kier alpha value is -4.41. The van der Waals surface area contributed by atoms with E-state index in [4.69, 9.17) is 26.4 Å². The number of methoxy groups -OCH3 is 1. The van der Waals surface area contributed by atoms with E-state index in [-0.39, 0.29) is 31.4 Å². The second-order valence-corrected chi connectivity index (χ2v) is 10.1. The van der Waals surface area contributed by atoms with Gasteiger partial charge in [-0.3, -0.25) is 9.78 Å².